The number of amides is 1. The van der Waals surface area contributed by atoms with Gasteiger partial charge in [-0.05, 0) is 49.4 Å². The Morgan fingerprint density at radius 2 is 2.09 bits per heavy atom. The molecule has 1 saturated heterocycles. The molecule has 1 aromatic carbocycles. The first-order chi connectivity index (χ1) is 10.5. The zero-order valence-electron chi connectivity index (χ0n) is 13.2. The molecule has 1 aliphatic carbocycles. The Morgan fingerprint density at radius 3 is 2.74 bits per heavy atom. The Balaban J connectivity index is 0.00000192. The van der Waals surface area contributed by atoms with Crippen LogP contribution in [0.5, 0.6) is 0 Å². The third kappa shape index (κ3) is 3.83. The molecule has 1 amide bonds. The molecular formula is C17H23ClF2N2O. The molecule has 3 nitrogen and oxygen atoms in total. The lowest BCUT2D eigenvalue weighted by molar-refractivity contribution is -0.123. The van der Waals surface area contributed by atoms with Crippen molar-refractivity contribution in [3.63, 3.8) is 0 Å². The summed E-state index contributed by atoms with van der Waals surface area (Å²) in [4.78, 5) is 12.3. The predicted octanol–water partition coefficient (Wildman–Crippen LogP) is 3.00. The van der Waals surface area contributed by atoms with Crippen LogP contribution >= 0.6 is 12.4 Å². The van der Waals surface area contributed by atoms with Crippen molar-refractivity contribution >= 4 is 18.3 Å². The van der Waals surface area contributed by atoms with Crippen LogP contribution in [0.25, 0.3) is 0 Å². The summed E-state index contributed by atoms with van der Waals surface area (Å²) >= 11 is 0. The number of nitrogens with one attached hydrogen (secondary N) is 2. The van der Waals surface area contributed by atoms with Crippen LogP contribution in [-0.4, -0.2) is 25.5 Å². The summed E-state index contributed by atoms with van der Waals surface area (Å²) in [7, 11) is 0. The number of carbonyl (C=O) groups is 1. The third-order valence-electron chi connectivity index (χ3n) is 5.18. The summed E-state index contributed by atoms with van der Waals surface area (Å²) < 4.78 is 26.6. The number of piperidine rings is 1. The first kappa shape index (κ1) is 18.1. The van der Waals surface area contributed by atoms with Gasteiger partial charge in [0.05, 0.1) is 0 Å². The zero-order valence-corrected chi connectivity index (χ0v) is 14.0. The van der Waals surface area contributed by atoms with E-state index in [1.54, 1.807) is 0 Å². The van der Waals surface area contributed by atoms with E-state index in [2.05, 4.69) is 10.6 Å². The van der Waals surface area contributed by atoms with E-state index in [4.69, 9.17) is 0 Å². The quantitative estimate of drug-likeness (QED) is 0.881. The maximum atomic E-state index is 13.7. The van der Waals surface area contributed by atoms with Crippen molar-refractivity contribution in [2.24, 2.45) is 11.3 Å². The minimum absolute atomic E-state index is 0. The van der Waals surface area contributed by atoms with Crippen LogP contribution in [0.1, 0.15) is 37.7 Å². The van der Waals surface area contributed by atoms with Crippen molar-refractivity contribution in [2.45, 2.75) is 32.1 Å². The van der Waals surface area contributed by atoms with Gasteiger partial charge in [0.25, 0.3) is 0 Å². The van der Waals surface area contributed by atoms with Crippen molar-refractivity contribution in [1.29, 1.82) is 0 Å². The molecule has 2 fully saturated rings. The van der Waals surface area contributed by atoms with Gasteiger partial charge in [-0.2, -0.15) is 0 Å². The second-order valence-electron chi connectivity index (χ2n) is 6.68. The van der Waals surface area contributed by atoms with E-state index >= 15 is 0 Å². The lowest BCUT2D eigenvalue weighted by atomic mass is 9.91. The summed E-state index contributed by atoms with van der Waals surface area (Å²) in [6.45, 7) is 4.19. The molecule has 2 atom stereocenters. The van der Waals surface area contributed by atoms with E-state index in [0.717, 1.165) is 38.4 Å². The van der Waals surface area contributed by atoms with Crippen molar-refractivity contribution in [3.8, 4) is 0 Å². The second-order valence-corrected chi connectivity index (χ2v) is 6.68. The first-order valence-corrected chi connectivity index (χ1v) is 7.95. The second kappa shape index (κ2) is 7.14. The molecule has 1 saturated carbocycles. The fourth-order valence-corrected chi connectivity index (χ4v) is 3.58. The summed E-state index contributed by atoms with van der Waals surface area (Å²) in [5.74, 6) is -1.12. The number of benzene rings is 1. The van der Waals surface area contributed by atoms with Gasteiger partial charge in [0.2, 0.25) is 5.91 Å². The highest BCUT2D eigenvalue weighted by atomic mass is 35.5. The van der Waals surface area contributed by atoms with Crippen LogP contribution in [0, 0.1) is 23.0 Å². The first-order valence-electron chi connectivity index (χ1n) is 7.95. The van der Waals surface area contributed by atoms with E-state index in [1.807, 2.05) is 6.92 Å². The van der Waals surface area contributed by atoms with Gasteiger partial charge in [-0.15, -0.1) is 12.4 Å². The molecule has 23 heavy (non-hydrogen) atoms. The molecule has 6 heteroatoms. The molecule has 2 aliphatic rings. The highest BCUT2D eigenvalue weighted by molar-refractivity contribution is 5.85. The maximum absolute atomic E-state index is 13.7. The molecular weight excluding hydrogens is 322 g/mol. The van der Waals surface area contributed by atoms with Crippen LogP contribution < -0.4 is 10.6 Å². The fraction of sp³-hybridized carbons (Fsp3) is 0.588. The highest BCUT2D eigenvalue weighted by Gasteiger charge is 2.57. The molecule has 1 aliphatic heterocycles. The van der Waals surface area contributed by atoms with Crippen LogP contribution in [0.4, 0.5) is 8.78 Å². The van der Waals surface area contributed by atoms with Crippen LogP contribution in [0.15, 0.2) is 18.2 Å². The lowest BCUT2D eigenvalue weighted by Crippen LogP contribution is -2.34. The minimum atomic E-state index is -0.580. The van der Waals surface area contributed by atoms with Gasteiger partial charge in [-0.3, -0.25) is 4.79 Å². The molecule has 0 bridgehead atoms. The zero-order chi connectivity index (χ0) is 15.7. The average Bonchev–Trinajstić information content (AvgIpc) is 3.18. The molecule has 128 valence electrons. The van der Waals surface area contributed by atoms with Gasteiger partial charge >= 0.3 is 0 Å². The summed E-state index contributed by atoms with van der Waals surface area (Å²) in [5.41, 5.74) is 0.647. The Bertz CT molecular complexity index is 576. The maximum Gasteiger partial charge on any atom is 0.223 e. The molecule has 0 aromatic heterocycles. The number of halogens is 3. The summed E-state index contributed by atoms with van der Waals surface area (Å²) in [6.07, 6.45) is 3.10. The molecule has 1 spiro atoms. The number of rotatable bonds is 4. The third-order valence-corrected chi connectivity index (χ3v) is 5.18. The largest absolute Gasteiger partial charge is 0.355 e. The summed E-state index contributed by atoms with van der Waals surface area (Å²) in [5, 5.41) is 6.25. The van der Waals surface area contributed by atoms with Gasteiger partial charge in [0, 0.05) is 24.4 Å². The van der Waals surface area contributed by atoms with Gasteiger partial charge in [-0.25, -0.2) is 8.78 Å². The van der Waals surface area contributed by atoms with Gasteiger partial charge in [0.1, 0.15) is 11.6 Å². The fourth-order valence-electron chi connectivity index (χ4n) is 3.58. The van der Waals surface area contributed by atoms with Crippen molar-refractivity contribution < 1.29 is 13.6 Å². The van der Waals surface area contributed by atoms with Crippen LogP contribution in [-0.2, 0) is 4.79 Å². The molecule has 3 rings (SSSR count). The molecule has 2 unspecified atom stereocenters. The Kier molecular flexibility index (Phi) is 5.63. The molecule has 1 heterocycles. The van der Waals surface area contributed by atoms with E-state index < -0.39 is 11.6 Å². The molecule has 0 radical (unpaired) electrons. The van der Waals surface area contributed by atoms with Crippen molar-refractivity contribution in [2.75, 3.05) is 19.6 Å². The smallest absolute Gasteiger partial charge is 0.223 e. The molecule has 1 aromatic rings. The normalized spacial score (nSPS) is 23.0. The van der Waals surface area contributed by atoms with E-state index in [0.29, 0.717) is 12.1 Å². The van der Waals surface area contributed by atoms with Crippen LogP contribution in [0.3, 0.4) is 0 Å². The highest BCUT2D eigenvalue weighted by Crippen LogP contribution is 2.58. The minimum Gasteiger partial charge on any atom is -0.355 e. The van der Waals surface area contributed by atoms with Crippen molar-refractivity contribution in [3.05, 3.63) is 35.4 Å². The van der Waals surface area contributed by atoms with E-state index in [-0.39, 0.29) is 35.6 Å². The standard InChI is InChI=1S/C17H22F2N2O.ClH/c1-11(13-3-2-12(18)8-15(13)19)10-21-16(22)14-9-17(14)4-6-20-7-5-17;/h2-3,8,11,14,20H,4-7,9-10H2,1H3,(H,21,22);1H. The topological polar surface area (TPSA) is 41.1 Å². The van der Waals surface area contributed by atoms with Crippen molar-refractivity contribution in [1.82, 2.24) is 10.6 Å². The monoisotopic (exact) mass is 344 g/mol. The number of carbonyl (C=O) groups excluding carboxylic acids is 1. The predicted molar refractivity (Wildman–Crippen MR) is 87.7 cm³/mol. The van der Waals surface area contributed by atoms with Crippen LogP contribution in [0.2, 0.25) is 0 Å². The van der Waals surface area contributed by atoms with Gasteiger partial charge in [0.15, 0.2) is 0 Å². The Hall–Kier alpha value is -1.20. The van der Waals surface area contributed by atoms with E-state index in [1.165, 1.54) is 12.1 Å². The molecule has 2 N–H and O–H groups in total. The van der Waals surface area contributed by atoms with E-state index in [9.17, 15) is 13.6 Å². The summed E-state index contributed by atoms with van der Waals surface area (Å²) in [6, 6.07) is 3.59. The Morgan fingerprint density at radius 1 is 1.39 bits per heavy atom. The number of hydrogen-bond acceptors (Lipinski definition) is 2. The lowest BCUT2D eigenvalue weighted by Gasteiger charge is -2.23. The Labute approximate surface area is 141 Å². The van der Waals surface area contributed by atoms with Gasteiger partial charge < -0.3 is 10.6 Å². The number of hydrogen-bond donors (Lipinski definition) is 2. The SMILES string of the molecule is CC(CNC(=O)C1CC12CCNCC2)c1ccc(F)cc1F.Cl. The average molecular weight is 345 g/mol. The van der Waals surface area contributed by atoms with Gasteiger partial charge in [-0.1, -0.05) is 13.0 Å².